The SMILES string of the molecule is Cn1cc(-c2ccc3cnc(NC(=O)C4(N5CCC(N)CC5)C=CN=CC4)cc3c2)cn1. The van der Waals surface area contributed by atoms with Crippen molar-refractivity contribution in [3.05, 3.63) is 55.1 Å². The van der Waals surface area contributed by atoms with Crippen LogP contribution in [-0.2, 0) is 11.8 Å². The van der Waals surface area contributed by atoms with Crippen LogP contribution in [0.3, 0.4) is 0 Å². The molecule has 0 aliphatic carbocycles. The lowest BCUT2D eigenvalue weighted by atomic mass is 9.88. The highest BCUT2D eigenvalue weighted by Gasteiger charge is 2.43. The highest BCUT2D eigenvalue weighted by Crippen LogP contribution is 2.30. The number of carbonyl (C=O) groups excluding carboxylic acids is 1. The summed E-state index contributed by atoms with van der Waals surface area (Å²) in [7, 11) is 1.90. The molecule has 0 radical (unpaired) electrons. The molecule has 2 aliphatic rings. The third kappa shape index (κ3) is 3.83. The Bertz CT molecular complexity index is 1210. The first kappa shape index (κ1) is 20.5. The number of rotatable bonds is 4. The number of amides is 1. The lowest BCUT2D eigenvalue weighted by Crippen LogP contribution is -2.59. The minimum atomic E-state index is -0.768. The molecule has 1 saturated heterocycles. The van der Waals surface area contributed by atoms with Crippen LogP contribution in [0.15, 0.2) is 60.1 Å². The Hall–Kier alpha value is -3.36. The summed E-state index contributed by atoms with van der Waals surface area (Å²) in [4.78, 5) is 24.5. The number of hydrogen-bond acceptors (Lipinski definition) is 6. The number of nitrogens with one attached hydrogen (secondary N) is 1. The van der Waals surface area contributed by atoms with Gasteiger partial charge in [0.05, 0.1) is 6.20 Å². The maximum absolute atomic E-state index is 13.5. The molecule has 164 valence electrons. The molecular weight excluding hydrogens is 402 g/mol. The Morgan fingerprint density at radius 2 is 2.00 bits per heavy atom. The molecule has 1 amide bonds. The molecule has 3 N–H and O–H groups in total. The Morgan fingerprint density at radius 1 is 1.16 bits per heavy atom. The minimum absolute atomic E-state index is 0.0920. The molecule has 3 aromatic rings. The van der Waals surface area contributed by atoms with Crippen LogP contribution in [0, 0.1) is 0 Å². The number of hydrogen-bond donors (Lipinski definition) is 2. The molecule has 32 heavy (non-hydrogen) atoms. The monoisotopic (exact) mass is 429 g/mol. The van der Waals surface area contributed by atoms with Crippen molar-refractivity contribution in [2.75, 3.05) is 18.4 Å². The summed E-state index contributed by atoms with van der Waals surface area (Å²) >= 11 is 0. The van der Waals surface area contributed by atoms with Crippen LogP contribution in [0.4, 0.5) is 5.82 Å². The summed E-state index contributed by atoms with van der Waals surface area (Å²) in [5.74, 6) is 0.445. The minimum Gasteiger partial charge on any atom is -0.328 e. The number of likely N-dealkylation sites (tertiary alicyclic amines) is 1. The predicted octanol–water partition coefficient (Wildman–Crippen LogP) is 2.72. The van der Waals surface area contributed by atoms with Crippen LogP contribution in [0.5, 0.6) is 0 Å². The zero-order valence-electron chi connectivity index (χ0n) is 18.1. The van der Waals surface area contributed by atoms with Crippen LogP contribution >= 0.6 is 0 Å². The van der Waals surface area contributed by atoms with Crippen molar-refractivity contribution in [1.82, 2.24) is 19.7 Å². The number of fused-ring (bicyclic) bond motifs is 1. The van der Waals surface area contributed by atoms with E-state index in [0.29, 0.717) is 12.2 Å². The number of nitrogens with two attached hydrogens (primary N) is 1. The number of aryl methyl sites for hydroxylation is 1. The van der Waals surface area contributed by atoms with Crippen LogP contribution in [-0.4, -0.2) is 56.5 Å². The standard InChI is InChI=1S/C24H27N7O/c1-30-16-20(15-28-30)17-2-3-18-14-27-22(13-19(18)12-17)29-23(32)24(6-8-26-9-7-24)31-10-4-21(25)5-11-31/h2-3,6,8-9,12-16,21H,4-5,7,10-11,25H2,1H3,(H,27,29,32). The van der Waals surface area contributed by atoms with Crippen molar-refractivity contribution in [3.63, 3.8) is 0 Å². The van der Waals surface area contributed by atoms with Gasteiger partial charge in [-0.15, -0.1) is 0 Å². The first-order valence-corrected chi connectivity index (χ1v) is 10.9. The molecule has 0 spiro atoms. The van der Waals surface area contributed by atoms with Crippen LogP contribution < -0.4 is 11.1 Å². The molecule has 8 nitrogen and oxygen atoms in total. The van der Waals surface area contributed by atoms with Crippen LogP contribution in [0.25, 0.3) is 21.9 Å². The second kappa shape index (κ2) is 8.29. The molecule has 1 unspecified atom stereocenters. The maximum Gasteiger partial charge on any atom is 0.250 e. The van der Waals surface area contributed by atoms with Gasteiger partial charge >= 0.3 is 0 Å². The number of aliphatic imine (C=N–C) groups is 1. The molecule has 1 fully saturated rings. The fraction of sp³-hybridized carbons (Fsp3) is 0.333. The van der Waals surface area contributed by atoms with Gasteiger partial charge in [0.25, 0.3) is 0 Å². The zero-order chi connectivity index (χ0) is 22.1. The van der Waals surface area contributed by atoms with Crippen molar-refractivity contribution in [3.8, 4) is 11.1 Å². The summed E-state index contributed by atoms with van der Waals surface area (Å²) in [6.45, 7) is 1.57. The van der Waals surface area contributed by atoms with Gasteiger partial charge in [-0.1, -0.05) is 12.1 Å². The first-order valence-electron chi connectivity index (χ1n) is 10.9. The van der Waals surface area contributed by atoms with Gasteiger partial charge in [-0.05, 0) is 42.0 Å². The van der Waals surface area contributed by atoms with E-state index in [9.17, 15) is 4.79 Å². The van der Waals surface area contributed by atoms with Gasteiger partial charge < -0.3 is 11.1 Å². The van der Waals surface area contributed by atoms with Gasteiger partial charge in [-0.3, -0.25) is 19.4 Å². The number of nitrogens with zero attached hydrogens (tertiary/aromatic N) is 5. The number of piperidine rings is 1. The summed E-state index contributed by atoms with van der Waals surface area (Å²) in [6.07, 6.45) is 13.3. The molecule has 0 saturated carbocycles. The van der Waals surface area contributed by atoms with E-state index in [1.807, 2.05) is 43.9 Å². The van der Waals surface area contributed by atoms with Crippen molar-refractivity contribution in [2.24, 2.45) is 17.8 Å². The number of carbonyl (C=O) groups is 1. The van der Waals surface area contributed by atoms with Crippen molar-refractivity contribution in [2.45, 2.75) is 30.8 Å². The van der Waals surface area contributed by atoms with Crippen molar-refractivity contribution >= 4 is 28.7 Å². The second-order valence-electron chi connectivity index (χ2n) is 8.59. The fourth-order valence-corrected chi connectivity index (χ4v) is 4.52. The third-order valence-electron chi connectivity index (χ3n) is 6.44. The van der Waals surface area contributed by atoms with Crippen molar-refractivity contribution in [1.29, 1.82) is 0 Å². The number of pyridine rings is 1. The fourth-order valence-electron chi connectivity index (χ4n) is 4.52. The highest BCUT2D eigenvalue weighted by molar-refractivity contribution is 6.02. The van der Waals surface area contributed by atoms with Gasteiger partial charge in [0.15, 0.2) is 0 Å². The zero-order valence-corrected chi connectivity index (χ0v) is 18.1. The molecule has 1 atom stereocenters. The predicted molar refractivity (Wildman–Crippen MR) is 126 cm³/mol. The molecule has 2 aliphatic heterocycles. The molecule has 5 rings (SSSR count). The number of benzene rings is 1. The Morgan fingerprint density at radius 3 is 2.72 bits per heavy atom. The van der Waals surface area contributed by atoms with Gasteiger partial charge in [0.1, 0.15) is 11.4 Å². The summed E-state index contributed by atoms with van der Waals surface area (Å²) in [6, 6.07) is 8.31. The molecule has 1 aromatic carbocycles. The lowest BCUT2D eigenvalue weighted by Gasteiger charge is -2.43. The molecule has 0 bridgehead atoms. The van der Waals surface area contributed by atoms with Gasteiger partial charge in [-0.25, -0.2) is 4.98 Å². The molecule has 4 heterocycles. The van der Waals surface area contributed by atoms with E-state index in [0.717, 1.165) is 47.8 Å². The van der Waals surface area contributed by atoms with E-state index in [1.165, 1.54) is 0 Å². The van der Waals surface area contributed by atoms with E-state index in [-0.39, 0.29) is 11.9 Å². The number of anilines is 1. The van der Waals surface area contributed by atoms with E-state index < -0.39 is 5.54 Å². The lowest BCUT2D eigenvalue weighted by molar-refractivity contribution is -0.125. The topological polar surface area (TPSA) is 101 Å². The average Bonchev–Trinajstić information content (AvgIpc) is 3.26. The normalized spacial score (nSPS) is 21.8. The second-order valence-corrected chi connectivity index (χ2v) is 8.59. The summed E-state index contributed by atoms with van der Waals surface area (Å²) < 4.78 is 1.78. The van der Waals surface area contributed by atoms with E-state index >= 15 is 0 Å². The van der Waals surface area contributed by atoms with E-state index in [2.05, 4.69) is 37.4 Å². The first-order chi connectivity index (χ1) is 15.5. The van der Waals surface area contributed by atoms with Gasteiger partial charge in [0.2, 0.25) is 5.91 Å². The Kier molecular flexibility index (Phi) is 5.32. The summed E-state index contributed by atoms with van der Waals surface area (Å²) in [5.41, 5.74) is 7.44. The molecule has 8 heteroatoms. The number of aromatic nitrogens is 3. The van der Waals surface area contributed by atoms with Gasteiger partial charge in [-0.2, -0.15) is 5.10 Å². The smallest absolute Gasteiger partial charge is 0.250 e. The molecule has 2 aromatic heterocycles. The maximum atomic E-state index is 13.5. The van der Waals surface area contributed by atoms with E-state index in [4.69, 9.17) is 5.73 Å². The third-order valence-corrected chi connectivity index (χ3v) is 6.44. The van der Waals surface area contributed by atoms with Crippen LogP contribution in [0.2, 0.25) is 0 Å². The molecular formula is C24H27N7O. The van der Waals surface area contributed by atoms with Crippen LogP contribution in [0.1, 0.15) is 19.3 Å². The van der Waals surface area contributed by atoms with Gasteiger partial charge in [0, 0.05) is 68.4 Å². The highest BCUT2D eigenvalue weighted by atomic mass is 16.2. The summed E-state index contributed by atoms with van der Waals surface area (Å²) in [5, 5.41) is 9.34. The van der Waals surface area contributed by atoms with E-state index in [1.54, 1.807) is 17.1 Å². The van der Waals surface area contributed by atoms with Crippen molar-refractivity contribution < 1.29 is 4.79 Å². The Labute approximate surface area is 186 Å². The quantitative estimate of drug-likeness (QED) is 0.664. The average molecular weight is 430 g/mol. The largest absolute Gasteiger partial charge is 0.328 e. The Balaban J connectivity index is 1.42.